The average molecular weight is 403 g/mol. The Morgan fingerprint density at radius 2 is 1.39 bits per heavy atom. The second-order valence-electron chi connectivity index (χ2n) is 7.01. The lowest BCUT2D eigenvalue weighted by Gasteiger charge is -2.35. The Morgan fingerprint density at radius 3 is 1.96 bits per heavy atom. The number of anilines is 2. The minimum absolute atomic E-state index is 0.0764. The normalized spacial score (nSPS) is 18.7. The van der Waals surface area contributed by atoms with Crippen molar-refractivity contribution >= 4 is 27.3 Å². The van der Waals surface area contributed by atoms with Gasteiger partial charge in [-0.3, -0.25) is 4.79 Å². The van der Waals surface area contributed by atoms with Gasteiger partial charge in [0.05, 0.1) is 4.90 Å². The number of carbonyl (C=O) groups excluding carboxylic acids is 1. The fourth-order valence-corrected chi connectivity index (χ4v) is 5.13. The van der Waals surface area contributed by atoms with Crippen molar-refractivity contribution < 1.29 is 17.6 Å². The van der Waals surface area contributed by atoms with Crippen LogP contribution in [0.3, 0.4) is 0 Å². The van der Waals surface area contributed by atoms with Gasteiger partial charge in [0, 0.05) is 50.5 Å². The Kier molecular flexibility index (Phi) is 5.07. The summed E-state index contributed by atoms with van der Waals surface area (Å²) in [6.45, 7) is 2.50. The Bertz CT molecular complexity index is 953. The first-order chi connectivity index (χ1) is 13.4. The first-order valence-corrected chi connectivity index (χ1v) is 10.8. The first kappa shape index (κ1) is 18.9. The molecule has 0 N–H and O–H groups in total. The Hall–Kier alpha value is -2.45. The predicted octanol–water partition coefficient (Wildman–Crippen LogP) is 2.46. The highest BCUT2D eigenvalue weighted by Crippen LogP contribution is 2.25. The van der Waals surface area contributed by atoms with Crippen molar-refractivity contribution in [3.63, 3.8) is 0 Å². The van der Waals surface area contributed by atoms with Gasteiger partial charge < -0.3 is 9.80 Å². The van der Waals surface area contributed by atoms with Gasteiger partial charge in [0.2, 0.25) is 15.9 Å². The summed E-state index contributed by atoms with van der Waals surface area (Å²) in [6, 6.07) is 12.8. The van der Waals surface area contributed by atoms with E-state index in [0.717, 1.165) is 17.8 Å². The second kappa shape index (κ2) is 7.52. The Morgan fingerprint density at radius 1 is 0.786 bits per heavy atom. The fraction of sp³-hybridized carbons (Fsp3) is 0.350. The van der Waals surface area contributed by atoms with Gasteiger partial charge in [-0.05, 0) is 55.0 Å². The van der Waals surface area contributed by atoms with Crippen molar-refractivity contribution in [3.05, 3.63) is 54.3 Å². The van der Waals surface area contributed by atoms with E-state index in [0.29, 0.717) is 39.1 Å². The predicted molar refractivity (Wildman–Crippen MR) is 105 cm³/mol. The molecule has 28 heavy (non-hydrogen) atoms. The number of hydrogen-bond acceptors (Lipinski definition) is 4. The minimum Gasteiger partial charge on any atom is -0.369 e. The molecule has 0 spiro atoms. The molecular formula is C20H22FN3O3S. The summed E-state index contributed by atoms with van der Waals surface area (Å²) >= 11 is 0. The van der Waals surface area contributed by atoms with Crippen LogP contribution in [0, 0.1) is 5.82 Å². The van der Waals surface area contributed by atoms with Crippen molar-refractivity contribution in [3.8, 4) is 0 Å². The Labute approximate surface area is 164 Å². The summed E-state index contributed by atoms with van der Waals surface area (Å²) in [6.07, 6.45) is 1.37. The Balaban J connectivity index is 1.44. The standard InChI is InChI=1S/C20H22FN3O3S/c21-16-3-5-17(6-4-16)22-12-14-23(15-13-22)28(26,27)19-9-7-18(8-10-19)24-11-1-2-20(24)25/h3-10H,1-2,11-15H2. The van der Waals surface area contributed by atoms with Crippen LogP contribution in [0.25, 0.3) is 0 Å². The lowest BCUT2D eigenvalue weighted by atomic mass is 10.2. The van der Waals surface area contributed by atoms with Crippen LogP contribution in [0.2, 0.25) is 0 Å². The molecule has 0 aliphatic carbocycles. The monoisotopic (exact) mass is 403 g/mol. The summed E-state index contributed by atoms with van der Waals surface area (Å²) in [5.41, 5.74) is 1.63. The maximum atomic E-state index is 13.1. The van der Waals surface area contributed by atoms with Crippen LogP contribution in [0.4, 0.5) is 15.8 Å². The summed E-state index contributed by atoms with van der Waals surface area (Å²) in [5.74, 6) is -0.212. The van der Waals surface area contributed by atoms with Crippen molar-refractivity contribution in [2.45, 2.75) is 17.7 Å². The molecule has 0 radical (unpaired) electrons. The number of rotatable bonds is 4. The van der Waals surface area contributed by atoms with Gasteiger partial charge in [-0.2, -0.15) is 4.31 Å². The summed E-state index contributed by atoms with van der Waals surface area (Å²) < 4.78 is 40.5. The number of sulfonamides is 1. The third kappa shape index (κ3) is 3.62. The molecule has 0 aromatic heterocycles. The van der Waals surface area contributed by atoms with E-state index in [4.69, 9.17) is 0 Å². The molecule has 2 aromatic carbocycles. The first-order valence-electron chi connectivity index (χ1n) is 9.36. The zero-order chi connectivity index (χ0) is 19.7. The highest BCUT2D eigenvalue weighted by molar-refractivity contribution is 7.89. The van der Waals surface area contributed by atoms with Crippen LogP contribution in [0.5, 0.6) is 0 Å². The SMILES string of the molecule is O=C1CCCN1c1ccc(S(=O)(=O)N2CCN(c3ccc(F)cc3)CC2)cc1. The van der Waals surface area contributed by atoms with Gasteiger partial charge in [0.15, 0.2) is 0 Å². The molecule has 2 fully saturated rings. The molecule has 0 unspecified atom stereocenters. The third-order valence-corrected chi connectivity index (χ3v) is 7.20. The van der Waals surface area contributed by atoms with Crippen LogP contribution in [0.1, 0.15) is 12.8 Å². The van der Waals surface area contributed by atoms with Crippen LogP contribution >= 0.6 is 0 Å². The molecule has 8 heteroatoms. The van der Waals surface area contributed by atoms with Crippen LogP contribution in [0.15, 0.2) is 53.4 Å². The van der Waals surface area contributed by atoms with Gasteiger partial charge >= 0.3 is 0 Å². The van der Waals surface area contributed by atoms with E-state index >= 15 is 0 Å². The largest absolute Gasteiger partial charge is 0.369 e. The van der Waals surface area contributed by atoms with Gasteiger partial charge in [-0.25, -0.2) is 12.8 Å². The highest BCUT2D eigenvalue weighted by atomic mass is 32.2. The molecule has 2 aromatic rings. The lowest BCUT2D eigenvalue weighted by molar-refractivity contribution is -0.117. The van der Waals surface area contributed by atoms with Gasteiger partial charge in [-0.1, -0.05) is 0 Å². The fourth-order valence-electron chi connectivity index (χ4n) is 3.71. The molecule has 6 nitrogen and oxygen atoms in total. The van der Waals surface area contributed by atoms with Crippen LogP contribution in [-0.4, -0.2) is 51.4 Å². The topological polar surface area (TPSA) is 60.9 Å². The van der Waals surface area contributed by atoms with E-state index in [9.17, 15) is 17.6 Å². The van der Waals surface area contributed by atoms with Crippen molar-refractivity contribution in [2.75, 3.05) is 42.5 Å². The molecule has 2 aliphatic heterocycles. The summed E-state index contributed by atoms with van der Waals surface area (Å²) in [7, 11) is -3.58. The van der Waals surface area contributed by atoms with E-state index in [2.05, 4.69) is 0 Å². The van der Waals surface area contributed by atoms with Gasteiger partial charge in [0.25, 0.3) is 0 Å². The molecule has 2 heterocycles. The van der Waals surface area contributed by atoms with Crippen molar-refractivity contribution in [1.29, 1.82) is 0 Å². The lowest BCUT2D eigenvalue weighted by Crippen LogP contribution is -2.48. The van der Waals surface area contributed by atoms with E-state index in [-0.39, 0.29) is 16.6 Å². The zero-order valence-corrected chi connectivity index (χ0v) is 16.2. The quantitative estimate of drug-likeness (QED) is 0.787. The molecule has 4 rings (SSSR count). The number of hydrogen-bond donors (Lipinski definition) is 0. The van der Waals surface area contributed by atoms with E-state index in [1.807, 2.05) is 4.90 Å². The molecule has 1 amide bonds. The maximum absolute atomic E-state index is 13.1. The maximum Gasteiger partial charge on any atom is 0.243 e. The number of nitrogens with zero attached hydrogens (tertiary/aromatic N) is 3. The van der Waals surface area contributed by atoms with Gasteiger partial charge in [0.1, 0.15) is 5.82 Å². The third-order valence-electron chi connectivity index (χ3n) is 5.29. The van der Waals surface area contributed by atoms with E-state index in [1.165, 1.54) is 16.4 Å². The molecule has 0 saturated carbocycles. The molecule has 148 valence electrons. The van der Waals surface area contributed by atoms with Crippen molar-refractivity contribution in [2.24, 2.45) is 0 Å². The molecule has 0 bridgehead atoms. The van der Waals surface area contributed by atoms with Crippen molar-refractivity contribution in [1.82, 2.24) is 4.31 Å². The molecule has 2 aliphatic rings. The number of carbonyl (C=O) groups is 1. The number of benzene rings is 2. The molecular weight excluding hydrogens is 381 g/mol. The summed E-state index contributed by atoms with van der Waals surface area (Å²) in [4.78, 5) is 15.8. The number of piperazine rings is 1. The second-order valence-corrected chi connectivity index (χ2v) is 8.95. The zero-order valence-electron chi connectivity index (χ0n) is 15.4. The summed E-state index contributed by atoms with van der Waals surface area (Å²) in [5, 5.41) is 0. The number of amides is 1. The van der Waals surface area contributed by atoms with Crippen LogP contribution in [-0.2, 0) is 14.8 Å². The van der Waals surface area contributed by atoms with Gasteiger partial charge in [-0.15, -0.1) is 0 Å². The minimum atomic E-state index is -3.58. The average Bonchev–Trinajstić information content (AvgIpc) is 3.15. The van der Waals surface area contributed by atoms with E-state index in [1.54, 1.807) is 41.3 Å². The van der Waals surface area contributed by atoms with Crippen LogP contribution < -0.4 is 9.80 Å². The number of halogens is 1. The molecule has 0 atom stereocenters. The highest BCUT2D eigenvalue weighted by Gasteiger charge is 2.29. The molecule has 2 saturated heterocycles. The smallest absolute Gasteiger partial charge is 0.243 e. The van der Waals surface area contributed by atoms with E-state index < -0.39 is 10.0 Å².